The van der Waals surface area contributed by atoms with Gasteiger partial charge in [-0.15, -0.1) is 0 Å². The zero-order valence-electron chi connectivity index (χ0n) is 8.94. The maximum Gasteiger partial charge on any atom is 0.158 e. The van der Waals surface area contributed by atoms with Gasteiger partial charge in [0.1, 0.15) is 5.78 Å². The number of hydrogen-bond donors (Lipinski definition) is 0. The molecule has 2 nitrogen and oxygen atoms in total. The lowest BCUT2D eigenvalue weighted by Crippen LogP contribution is -2.20. The molecule has 13 heavy (non-hydrogen) atoms. The van der Waals surface area contributed by atoms with E-state index in [0.29, 0.717) is 18.4 Å². The van der Waals surface area contributed by atoms with Crippen LogP contribution in [0, 0.1) is 5.41 Å². The van der Waals surface area contributed by atoms with Gasteiger partial charge in [0, 0.05) is 12.8 Å². The van der Waals surface area contributed by atoms with Gasteiger partial charge in [-0.3, -0.25) is 4.79 Å². The number of hydrogen-bond acceptors (Lipinski definition) is 2. The van der Waals surface area contributed by atoms with Crippen LogP contribution in [-0.2, 0) is 9.59 Å². The standard InChI is InChI=1S/C11H18O2/c1-8(2)10(13)7-11(4,5)6-9(3)12/h1,6-7H2,2-5H3. The Kier molecular flexibility index (Phi) is 4.05. The van der Waals surface area contributed by atoms with Gasteiger partial charge < -0.3 is 4.79 Å². The van der Waals surface area contributed by atoms with Gasteiger partial charge in [-0.05, 0) is 24.8 Å². The molecule has 0 aliphatic carbocycles. The normalized spacial score (nSPS) is 11.1. The molecule has 0 radical (unpaired) electrons. The van der Waals surface area contributed by atoms with Crippen LogP contribution in [-0.4, -0.2) is 11.6 Å². The van der Waals surface area contributed by atoms with Crippen molar-refractivity contribution in [2.24, 2.45) is 5.41 Å². The van der Waals surface area contributed by atoms with E-state index in [0.717, 1.165) is 0 Å². The number of rotatable bonds is 5. The molecule has 0 aliphatic heterocycles. The summed E-state index contributed by atoms with van der Waals surface area (Å²) in [5.74, 6) is 0.172. The lowest BCUT2D eigenvalue weighted by Gasteiger charge is -2.21. The Morgan fingerprint density at radius 2 is 1.62 bits per heavy atom. The number of carbonyl (C=O) groups is 2. The quantitative estimate of drug-likeness (QED) is 0.612. The molecular formula is C11H18O2. The van der Waals surface area contributed by atoms with E-state index in [-0.39, 0.29) is 17.0 Å². The minimum absolute atomic E-state index is 0.0475. The molecule has 0 heterocycles. The summed E-state index contributed by atoms with van der Waals surface area (Å²) < 4.78 is 0. The van der Waals surface area contributed by atoms with Crippen LogP contribution in [0.3, 0.4) is 0 Å². The Bertz CT molecular complexity index is 236. The van der Waals surface area contributed by atoms with Crippen LogP contribution >= 0.6 is 0 Å². The lowest BCUT2D eigenvalue weighted by molar-refractivity contribution is -0.120. The van der Waals surface area contributed by atoms with Gasteiger partial charge in [-0.2, -0.15) is 0 Å². The van der Waals surface area contributed by atoms with Gasteiger partial charge in [0.2, 0.25) is 0 Å². The maximum absolute atomic E-state index is 11.3. The molecule has 0 aromatic heterocycles. The summed E-state index contributed by atoms with van der Waals surface area (Å²) in [6.07, 6.45) is 0.855. The van der Waals surface area contributed by atoms with E-state index in [1.165, 1.54) is 0 Å². The molecule has 0 rings (SSSR count). The van der Waals surface area contributed by atoms with E-state index < -0.39 is 0 Å². The molecule has 0 bridgehead atoms. The van der Waals surface area contributed by atoms with Gasteiger partial charge in [-0.1, -0.05) is 20.4 Å². The van der Waals surface area contributed by atoms with Crippen molar-refractivity contribution in [1.82, 2.24) is 0 Å². The van der Waals surface area contributed by atoms with Crippen molar-refractivity contribution in [3.8, 4) is 0 Å². The number of allylic oxidation sites excluding steroid dienone is 1. The van der Waals surface area contributed by atoms with E-state index in [2.05, 4.69) is 6.58 Å². The minimum Gasteiger partial charge on any atom is -0.300 e. The van der Waals surface area contributed by atoms with Gasteiger partial charge >= 0.3 is 0 Å². The third-order valence-electron chi connectivity index (χ3n) is 1.84. The molecule has 0 fully saturated rings. The van der Waals surface area contributed by atoms with Crippen LogP contribution in [0.1, 0.15) is 40.5 Å². The second kappa shape index (κ2) is 4.35. The SMILES string of the molecule is C=C(C)C(=O)CC(C)(C)CC(C)=O. The summed E-state index contributed by atoms with van der Waals surface area (Å²) in [5, 5.41) is 0. The minimum atomic E-state index is -0.234. The first kappa shape index (κ1) is 12.1. The first-order valence-electron chi connectivity index (χ1n) is 4.43. The number of Topliss-reactive ketones (excluding diaryl/α,β-unsaturated/α-hetero) is 2. The second-order valence-corrected chi connectivity index (χ2v) is 4.42. The lowest BCUT2D eigenvalue weighted by atomic mass is 9.81. The maximum atomic E-state index is 11.3. The zero-order chi connectivity index (χ0) is 10.6. The molecule has 0 aromatic carbocycles. The molecule has 0 amide bonds. The molecule has 0 N–H and O–H groups in total. The second-order valence-electron chi connectivity index (χ2n) is 4.42. The monoisotopic (exact) mass is 182 g/mol. The smallest absolute Gasteiger partial charge is 0.158 e. The van der Waals surface area contributed by atoms with Crippen molar-refractivity contribution in [2.45, 2.75) is 40.5 Å². The Hall–Kier alpha value is -0.920. The van der Waals surface area contributed by atoms with Crippen LogP contribution in [0.2, 0.25) is 0 Å². The molecule has 0 aliphatic rings. The molecule has 0 saturated heterocycles. The summed E-state index contributed by atoms with van der Waals surface area (Å²) in [7, 11) is 0. The highest BCUT2D eigenvalue weighted by Crippen LogP contribution is 2.26. The van der Waals surface area contributed by atoms with Crippen molar-refractivity contribution in [2.75, 3.05) is 0 Å². The molecule has 0 spiro atoms. The fourth-order valence-corrected chi connectivity index (χ4v) is 1.32. The van der Waals surface area contributed by atoms with Crippen molar-refractivity contribution in [3.63, 3.8) is 0 Å². The van der Waals surface area contributed by atoms with Gasteiger partial charge in [0.25, 0.3) is 0 Å². The fraction of sp³-hybridized carbons (Fsp3) is 0.636. The topological polar surface area (TPSA) is 34.1 Å². The van der Waals surface area contributed by atoms with Crippen LogP contribution in [0.5, 0.6) is 0 Å². The van der Waals surface area contributed by atoms with Gasteiger partial charge in [0.15, 0.2) is 5.78 Å². The highest BCUT2D eigenvalue weighted by atomic mass is 16.1. The van der Waals surface area contributed by atoms with Crippen molar-refractivity contribution < 1.29 is 9.59 Å². The molecule has 0 atom stereocenters. The Morgan fingerprint density at radius 3 is 1.92 bits per heavy atom. The predicted molar refractivity (Wildman–Crippen MR) is 53.5 cm³/mol. The highest BCUT2D eigenvalue weighted by Gasteiger charge is 2.23. The van der Waals surface area contributed by atoms with Crippen molar-refractivity contribution >= 4 is 11.6 Å². The Morgan fingerprint density at radius 1 is 1.15 bits per heavy atom. The molecular weight excluding hydrogens is 164 g/mol. The molecule has 2 heteroatoms. The van der Waals surface area contributed by atoms with Gasteiger partial charge in [-0.25, -0.2) is 0 Å². The summed E-state index contributed by atoms with van der Waals surface area (Å²) in [4.78, 5) is 22.2. The molecule has 74 valence electrons. The largest absolute Gasteiger partial charge is 0.300 e. The average Bonchev–Trinajstić information content (AvgIpc) is 1.81. The van der Waals surface area contributed by atoms with E-state index in [9.17, 15) is 9.59 Å². The van der Waals surface area contributed by atoms with Crippen LogP contribution in [0.25, 0.3) is 0 Å². The average molecular weight is 182 g/mol. The molecule has 0 saturated carbocycles. The van der Waals surface area contributed by atoms with Crippen LogP contribution < -0.4 is 0 Å². The van der Waals surface area contributed by atoms with Gasteiger partial charge in [0.05, 0.1) is 0 Å². The van der Waals surface area contributed by atoms with E-state index in [1.807, 2.05) is 13.8 Å². The molecule has 0 unspecified atom stereocenters. The predicted octanol–water partition coefficient (Wildman–Crippen LogP) is 2.53. The Labute approximate surface area is 80.0 Å². The summed E-state index contributed by atoms with van der Waals surface area (Å²) in [6.45, 7) is 10.7. The first-order chi connectivity index (χ1) is 5.74. The van der Waals surface area contributed by atoms with Crippen molar-refractivity contribution in [3.05, 3.63) is 12.2 Å². The summed E-state index contributed by atoms with van der Waals surface area (Å²) in [5.41, 5.74) is 0.332. The first-order valence-corrected chi connectivity index (χ1v) is 4.43. The van der Waals surface area contributed by atoms with E-state index >= 15 is 0 Å². The third-order valence-corrected chi connectivity index (χ3v) is 1.84. The summed E-state index contributed by atoms with van der Waals surface area (Å²) >= 11 is 0. The zero-order valence-corrected chi connectivity index (χ0v) is 8.94. The molecule has 0 aromatic rings. The van der Waals surface area contributed by atoms with Crippen LogP contribution in [0.4, 0.5) is 0 Å². The van der Waals surface area contributed by atoms with Crippen LogP contribution in [0.15, 0.2) is 12.2 Å². The fourth-order valence-electron chi connectivity index (χ4n) is 1.32. The third kappa shape index (κ3) is 5.34. The van der Waals surface area contributed by atoms with E-state index in [1.54, 1.807) is 13.8 Å². The highest BCUT2D eigenvalue weighted by molar-refractivity contribution is 5.94. The number of carbonyl (C=O) groups excluding carboxylic acids is 2. The van der Waals surface area contributed by atoms with Crippen molar-refractivity contribution in [1.29, 1.82) is 0 Å². The Balaban J connectivity index is 4.24. The summed E-state index contributed by atoms with van der Waals surface area (Å²) in [6, 6.07) is 0. The number of ketones is 2. The van der Waals surface area contributed by atoms with E-state index in [4.69, 9.17) is 0 Å².